The Balaban J connectivity index is 2.64. The maximum Gasteiger partial charge on any atom is 0.127 e. The Bertz CT molecular complexity index is 334. The highest BCUT2D eigenvalue weighted by Gasteiger charge is 2.16. The lowest BCUT2D eigenvalue weighted by atomic mass is 9.89. The smallest absolute Gasteiger partial charge is 0.127 e. The number of nitrogens with one attached hydrogen (secondary N) is 1. The van der Waals surface area contributed by atoms with E-state index in [1.54, 1.807) is 12.1 Å². The molecule has 0 aliphatic carbocycles. The summed E-state index contributed by atoms with van der Waals surface area (Å²) < 4.78 is 13.6. The van der Waals surface area contributed by atoms with Crippen molar-refractivity contribution in [3.05, 3.63) is 34.6 Å². The second-order valence-corrected chi connectivity index (χ2v) is 5.07. The quantitative estimate of drug-likeness (QED) is 0.815. The molecule has 1 N–H and O–H groups in total. The summed E-state index contributed by atoms with van der Waals surface area (Å²) in [6.07, 6.45) is 0.693. The molecule has 96 valence electrons. The van der Waals surface area contributed by atoms with Gasteiger partial charge < -0.3 is 5.32 Å². The van der Waals surface area contributed by atoms with Crippen LogP contribution in [0.5, 0.6) is 0 Å². The van der Waals surface area contributed by atoms with Crippen LogP contribution >= 0.6 is 11.6 Å². The molecule has 0 spiro atoms. The topological polar surface area (TPSA) is 12.0 Å². The molecule has 17 heavy (non-hydrogen) atoms. The first-order valence-electron chi connectivity index (χ1n) is 6.19. The molecule has 2 atom stereocenters. The van der Waals surface area contributed by atoms with Crippen molar-refractivity contribution in [3.8, 4) is 0 Å². The lowest BCUT2D eigenvalue weighted by Crippen LogP contribution is -2.26. The lowest BCUT2D eigenvalue weighted by Gasteiger charge is -2.21. The van der Waals surface area contributed by atoms with Gasteiger partial charge in [-0.1, -0.05) is 38.4 Å². The Morgan fingerprint density at radius 3 is 2.59 bits per heavy atom. The molecule has 0 heterocycles. The fraction of sp³-hybridized carbons (Fsp3) is 0.571. The Hall–Kier alpha value is -0.600. The van der Waals surface area contributed by atoms with Gasteiger partial charge in [0.25, 0.3) is 0 Å². The second-order valence-electron chi connectivity index (χ2n) is 4.67. The van der Waals surface area contributed by atoms with E-state index >= 15 is 0 Å². The Labute approximate surface area is 108 Å². The molecule has 1 aromatic rings. The summed E-state index contributed by atoms with van der Waals surface area (Å²) in [5, 5.41) is 3.85. The monoisotopic (exact) mass is 257 g/mol. The van der Waals surface area contributed by atoms with E-state index < -0.39 is 0 Å². The van der Waals surface area contributed by atoms with Crippen LogP contribution in [0.3, 0.4) is 0 Å². The van der Waals surface area contributed by atoms with Crippen LogP contribution in [0, 0.1) is 17.7 Å². The fourth-order valence-corrected chi connectivity index (χ4v) is 2.06. The van der Waals surface area contributed by atoms with Crippen molar-refractivity contribution >= 4 is 11.6 Å². The van der Waals surface area contributed by atoms with Gasteiger partial charge in [-0.3, -0.25) is 0 Å². The normalized spacial score (nSPS) is 14.6. The zero-order valence-electron chi connectivity index (χ0n) is 10.8. The van der Waals surface area contributed by atoms with Crippen LogP contribution in [-0.2, 0) is 6.42 Å². The van der Waals surface area contributed by atoms with Gasteiger partial charge in [0.15, 0.2) is 0 Å². The molecule has 0 fully saturated rings. The summed E-state index contributed by atoms with van der Waals surface area (Å²) >= 11 is 6.03. The number of hydrogen-bond donors (Lipinski definition) is 1. The lowest BCUT2D eigenvalue weighted by molar-refractivity contribution is 0.364. The van der Waals surface area contributed by atoms with Gasteiger partial charge >= 0.3 is 0 Å². The Morgan fingerprint density at radius 2 is 2.00 bits per heavy atom. The third-order valence-electron chi connectivity index (χ3n) is 3.28. The van der Waals surface area contributed by atoms with Crippen LogP contribution in [0.25, 0.3) is 0 Å². The van der Waals surface area contributed by atoms with Crippen LogP contribution in [0.1, 0.15) is 26.3 Å². The summed E-state index contributed by atoms with van der Waals surface area (Å²) in [6.45, 7) is 8.35. The highest BCUT2D eigenvalue weighted by atomic mass is 35.5. The Kier molecular flexibility index (Phi) is 5.93. The zero-order chi connectivity index (χ0) is 12.8. The van der Waals surface area contributed by atoms with Gasteiger partial charge in [0.2, 0.25) is 0 Å². The molecule has 0 bridgehead atoms. The molecule has 3 heteroatoms. The summed E-state index contributed by atoms with van der Waals surface area (Å²) in [5.41, 5.74) is 0.644. The number of hydrogen-bond acceptors (Lipinski definition) is 1. The molecule has 2 unspecified atom stereocenters. The van der Waals surface area contributed by atoms with Gasteiger partial charge in [-0.2, -0.15) is 0 Å². The van der Waals surface area contributed by atoms with Crippen LogP contribution < -0.4 is 5.32 Å². The maximum absolute atomic E-state index is 13.6. The molecule has 0 aromatic heterocycles. The fourth-order valence-electron chi connectivity index (χ4n) is 1.82. The van der Waals surface area contributed by atoms with Gasteiger partial charge in [0.05, 0.1) is 0 Å². The van der Waals surface area contributed by atoms with Gasteiger partial charge in [0.1, 0.15) is 5.82 Å². The molecule has 0 radical (unpaired) electrons. The first-order chi connectivity index (χ1) is 8.06. The summed E-state index contributed by atoms with van der Waals surface area (Å²) in [7, 11) is 0. The summed E-state index contributed by atoms with van der Waals surface area (Å²) in [4.78, 5) is 0. The molecular formula is C14H21ClFN. The SMILES string of the molecule is CCNCC(C)C(C)Cc1c(F)cccc1Cl. The second kappa shape index (κ2) is 6.97. The Morgan fingerprint density at radius 1 is 1.29 bits per heavy atom. The van der Waals surface area contributed by atoms with E-state index in [1.165, 1.54) is 6.07 Å². The molecule has 0 aliphatic heterocycles. The van der Waals surface area contributed by atoms with Gasteiger partial charge in [0, 0.05) is 10.6 Å². The number of rotatable bonds is 6. The van der Waals surface area contributed by atoms with E-state index in [1.807, 2.05) is 0 Å². The van der Waals surface area contributed by atoms with Gasteiger partial charge in [-0.15, -0.1) is 0 Å². The van der Waals surface area contributed by atoms with Crippen molar-refractivity contribution in [3.63, 3.8) is 0 Å². The minimum absolute atomic E-state index is 0.194. The summed E-state index contributed by atoms with van der Waals surface area (Å²) in [6, 6.07) is 4.87. The van der Waals surface area contributed by atoms with E-state index in [2.05, 4.69) is 26.1 Å². The van der Waals surface area contributed by atoms with E-state index in [-0.39, 0.29) is 5.82 Å². The minimum Gasteiger partial charge on any atom is -0.317 e. The molecule has 1 aromatic carbocycles. The van der Waals surface area contributed by atoms with E-state index in [4.69, 9.17) is 11.6 Å². The first kappa shape index (κ1) is 14.5. The van der Waals surface area contributed by atoms with Gasteiger partial charge in [-0.05, 0) is 43.5 Å². The van der Waals surface area contributed by atoms with Crippen LogP contribution in [0.2, 0.25) is 5.02 Å². The maximum atomic E-state index is 13.6. The van der Waals surface area contributed by atoms with Crippen molar-refractivity contribution in [2.45, 2.75) is 27.2 Å². The predicted octanol–water partition coefficient (Wildman–Crippen LogP) is 3.90. The average molecular weight is 258 g/mol. The van der Waals surface area contributed by atoms with Crippen molar-refractivity contribution in [1.82, 2.24) is 5.32 Å². The highest BCUT2D eigenvalue weighted by Crippen LogP contribution is 2.24. The molecule has 0 amide bonds. The van der Waals surface area contributed by atoms with E-state index in [0.29, 0.717) is 28.8 Å². The van der Waals surface area contributed by atoms with Gasteiger partial charge in [-0.25, -0.2) is 4.39 Å². The van der Waals surface area contributed by atoms with Crippen LogP contribution in [0.15, 0.2) is 18.2 Å². The van der Waals surface area contributed by atoms with Crippen molar-refractivity contribution in [2.75, 3.05) is 13.1 Å². The van der Waals surface area contributed by atoms with E-state index in [9.17, 15) is 4.39 Å². The minimum atomic E-state index is -0.194. The number of benzene rings is 1. The summed E-state index contributed by atoms with van der Waals surface area (Å²) in [5.74, 6) is 0.717. The highest BCUT2D eigenvalue weighted by molar-refractivity contribution is 6.31. The van der Waals surface area contributed by atoms with Crippen LogP contribution in [0.4, 0.5) is 4.39 Å². The van der Waals surface area contributed by atoms with Crippen LogP contribution in [-0.4, -0.2) is 13.1 Å². The molecule has 0 saturated heterocycles. The molecule has 1 rings (SSSR count). The first-order valence-corrected chi connectivity index (χ1v) is 6.57. The largest absolute Gasteiger partial charge is 0.317 e. The third kappa shape index (κ3) is 4.29. The molecule has 0 saturated carbocycles. The van der Waals surface area contributed by atoms with Crippen molar-refractivity contribution < 1.29 is 4.39 Å². The van der Waals surface area contributed by atoms with Crippen molar-refractivity contribution in [2.24, 2.45) is 11.8 Å². The zero-order valence-corrected chi connectivity index (χ0v) is 11.5. The standard InChI is InChI=1S/C14H21ClFN/c1-4-17-9-11(3)10(2)8-12-13(15)6-5-7-14(12)16/h5-7,10-11,17H,4,8-9H2,1-3H3. The predicted molar refractivity (Wildman–Crippen MR) is 72.0 cm³/mol. The molecule has 0 aliphatic rings. The molecule has 1 nitrogen and oxygen atoms in total. The van der Waals surface area contributed by atoms with Crippen molar-refractivity contribution in [1.29, 1.82) is 0 Å². The third-order valence-corrected chi connectivity index (χ3v) is 3.63. The average Bonchev–Trinajstić information content (AvgIpc) is 2.30. The van der Waals surface area contributed by atoms with E-state index in [0.717, 1.165) is 13.1 Å². The molecular weight excluding hydrogens is 237 g/mol. The number of halogens is 2.